The summed E-state index contributed by atoms with van der Waals surface area (Å²) in [5.74, 6) is 0. The highest BCUT2D eigenvalue weighted by molar-refractivity contribution is 7.84. The summed E-state index contributed by atoms with van der Waals surface area (Å²) in [6, 6.07) is 7.86. The maximum Gasteiger partial charge on any atom is 0.239 e. The maximum atomic E-state index is 11.3. The molecule has 3 aromatic rings. The summed E-state index contributed by atoms with van der Waals surface area (Å²) in [7, 11) is -1.24. The lowest BCUT2D eigenvalue weighted by atomic mass is 10.3. The van der Waals surface area contributed by atoms with Gasteiger partial charge in [-0.05, 0) is 12.1 Å². The zero-order chi connectivity index (χ0) is 12.5. The quantitative estimate of drug-likeness (QED) is 0.715. The molecule has 0 aliphatic carbocycles. The molecule has 0 bridgehead atoms. The van der Waals surface area contributed by atoms with E-state index in [0.717, 1.165) is 15.2 Å². The van der Waals surface area contributed by atoms with Crippen molar-refractivity contribution in [3.8, 4) is 10.7 Å². The van der Waals surface area contributed by atoms with Crippen LogP contribution in [0.4, 0.5) is 0 Å². The van der Waals surface area contributed by atoms with Gasteiger partial charge in [0.15, 0.2) is 0 Å². The molecule has 0 amide bonds. The van der Waals surface area contributed by atoms with E-state index in [1.165, 1.54) is 23.8 Å². The van der Waals surface area contributed by atoms with Gasteiger partial charge in [0.05, 0.1) is 27.2 Å². The summed E-state index contributed by atoms with van der Waals surface area (Å²) in [5, 5.41) is 8.54. The molecular weight excluding hydrogens is 268 g/mol. The van der Waals surface area contributed by atoms with Crippen LogP contribution in [0, 0.1) is 0 Å². The van der Waals surface area contributed by atoms with E-state index in [2.05, 4.69) is 20.2 Å². The number of hydrogen-bond donors (Lipinski definition) is 0. The number of aromatic nitrogens is 4. The third-order valence-electron chi connectivity index (χ3n) is 2.31. The van der Waals surface area contributed by atoms with Crippen molar-refractivity contribution in [2.24, 2.45) is 0 Å². The number of rotatable bonds is 2. The van der Waals surface area contributed by atoms with Gasteiger partial charge < -0.3 is 0 Å². The third kappa shape index (κ3) is 2.02. The molecule has 0 radical (unpaired) electrons. The van der Waals surface area contributed by atoms with Gasteiger partial charge in [-0.25, -0.2) is 9.97 Å². The van der Waals surface area contributed by atoms with Gasteiger partial charge in [-0.1, -0.05) is 12.1 Å². The van der Waals surface area contributed by atoms with Crippen molar-refractivity contribution in [2.75, 3.05) is 6.26 Å². The first-order valence-corrected chi connectivity index (χ1v) is 7.50. The van der Waals surface area contributed by atoms with Crippen molar-refractivity contribution in [1.29, 1.82) is 0 Å². The van der Waals surface area contributed by atoms with E-state index in [1.807, 2.05) is 24.3 Å². The highest BCUT2D eigenvalue weighted by atomic mass is 32.2. The first kappa shape index (κ1) is 11.4. The second kappa shape index (κ2) is 4.51. The summed E-state index contributed by atoms with van der Waals surface area (Å²) >= 11 is 1.53. The van der Waals surface area contributed by atoms with Crippen molar-refractivity contribution in [3.63, 3.8) is 0 Å². The van der Waals surface area contributed by atoms with Gasteiger partial charge in [-0.2, -0.15) is 5.10 Å². The summed E-state index contributed by atoms with van der Waals surface area (Å²) in [5.41, 5.74) is 1.53. The molecule has 0 fully saturated rings. The zero-order valence-electron chi connectivity index (χ0n) is 9.40. The van der Waals surface area contributed by atoms with Crippen LogP contribution < -0.4 is 0 Å². The fraction of sp³-hybridized carbons (Fsp3) is 0.0909. The van der Waals surface area contributed by atoms with Crippen molar-refractivity contribution in [1.82, 2.24) is 20.2 Å². The normalized spacial score (nSPS) is 12.7. The second-order valence-electron chi connectivity index (χ2n) is 3.57. The molecule has 0 aliphatic rings. The predicted molar refractivity (Wildman–Crippen MR) is 70.8 cm³/mol. The fourth-order valence-corrected chi connectivity index (χ4v) is 2.80. The molecular formula is C11H8N4OS2. The molecule has 0 saturated carbocycles. The predicted octanol–water partition coefficient (Wildman–Crippen LogP) is 1.89. The van der Waals surface area contributed by atoms with Crippen LogP contribution >= 0.6 is 11.3 Å². The van der Waals surface area contributed by atoms with Crippen LogP contribution in [0.2, 0.25) is 0 Å². The van der Waals surface area contributed by atoms with E-state index >= 15 is 0 Å². The number of hydrogen-bond acceptors (Lipinski definition) is 6. The Labute approximate surface area is 109 Å². The Kier molecular flexibility index (Phi) is 2.85. The highest BCUT2D eigenvalue weighted by Gasteiger charge is 2.10. The standard InChI is InChI=1S/C11H8N4OS2/c1-18(16)11-14-8(6-12-15-11)10-13-7-4-2-3-5-9(7)17-10/h2-6H,1H3. The van der Waals surface area contributed by atoms with E-state index in [4.69, 9.17) is 0 Å². The Morgan fingerprint density at radius 2 is 2.06 bits per heavy atom. The maximum absolute atomic E-state index is 11.3. The van der Waals surface area contributed by atoms with Crippen LogP contribution in [-0.2, 0) is 10.8 Å². The molecule has 18 heavy (non-hydrogen) atoms. The van der Waals surface area contributed by atoms with Gasteiger partial charge in [0.1, 0.15) is 10.7 Å². The number of para-hydroxylation sites is 1. The SMILES string of the molecule is CS(=O)c1nncc(-c2nc3ccccc3s2)n1. The van der Waals surface area contributed by atoms with Gasteiger partial charge in [-0.3, -0.25) is 4.21 Å². The molecule has 1 aromatic carbocycles. The van der Waals surface area contributed by atoms with Gasteiger partial charge >= 0.3 is 0 Å². The van der Waals surface area contributed by atoms with E-state index in [-0.39, 0.29) is 5.16 Å². The molecule has 5 nitrogen and oxygen atoms in total. The van der Waals surface area contributed by atoms with Crippen LogP contribution in [0.5, 0.6) is 0 Å². The molecule has 1 unspecified atom stereocenters. The monoisotopic (exact) mass is 276 g/mol. The third-order valence-corrected chi connectivity index (χ3v) is 4.06. The Balaban J connectivity index is 2.13. The van der Waals surface area contributed by atoms with Crippen LogP contribution in [0.3, 0.4) is 0 Å². The summed E-state index contributed by atoms with van der Waals surface area (Å²) < 4.78 is 12.4. The molecule has 7 heteroatoms. The van der Waals surface area contributed by atoms with Gasteiger partial charge in [-0.15, -0.1) is 16.4 Å². The number of fused-ring (bicyclic) bond motifs is 1. The lowest BCUT2D eigenvalue weighted by Crippen LogP contribution is -2.00. The largest absolute Gasteiger partial charge is 0.251 e. The number of nitrogens with zero attached hydrogens (tertiary/aromatic N) is 4. The minimum atomic E-state index is -1.24. The molecule has 2 aromatic heterocycles. The fourth-order valence-electron chi connectivity index (χ4n) is 1.49. The van der Waals surface area contributed by atoms with Crippen molar-refractivity contribution in [3.05, 3.63) is 30.5 Å². The average molecular weight is 276 g/mol. The minimum absolute atomic E-state index is 0.228. The highest BCUT2D eigenvalue weighted by Crippen LogP contribution is 2.28. The van der Waals surface area contributed by atoms with Crippen LogP contribution in [0.25, 0.3) is 20.9 Å². The first-order chi connectivity index (χ1) is 8.74. The summed E-state index contributed by atoms with van der Waals surface area (Å²) in [4.78, 5) is 8.68. The number of thiazole rings is 1. The van der Waals surface area contributed by atoms with Crippen molar-refractivity contribution in [2.45, 2.75) is 5.16 Å². The van der Waals surface area contributed by atoms with Crippen LogP contribution in [-0.4, -0.2) is 30.6 Å². The van der Waals surface area contributed by atoms with E-state index in [0.29, 0.717) is 5.69 Å². The lowest BCUT2D eigenvalue weighted by Gasteiger charge is -1.96. The van der Waals surface area contributed by atoms with Gasteiger partial charge in [0.2, 0.25) is 5.16 Å². The van der Waals surface area contributed by atoms with E-state index < -0.39 is 10.8 Å². The molecule has 1 atom stereocenters. The van der Waals surface area contributed by atoms with Crippen LogP contribution in [0.15, 0.2) is 35.6 Å². The zero-order valence-corrected chi connectivity index (χ0v) is 11.0. The Morgan fingerprint density at radius 1 is 1.22 bits per heavy atom. The van der Waals surface area contributed by atoms with E-state index in [1.54, 1.807) is 0 Å². The van der Waals surface area contributed by atoms with Gasteiger partial charge in [0.25, 0.3) is 0 Å². The molecule has 0 aliphatic heterocycles. The van der Waals surface area contributed by atoms with Gasteiger partial charge in [0, 0.05) is 6.26 Å². The summed E-state index contributed by atoms with van der Waals surface area (Å²) in [6.45, 7) is 0. The van der Waals surface area contributed by atoms with Crippen molar-refractivity contribution >= 4 is 32.4 Å². The topological polar surface area (TPSA) is 68.6 Å². The molecule has 0 saturated heterocycles. The van der Waals surface area contributed by atoms with Crippen molar-refractivity contribution < 1.29 is 4.21 Å². The second-order valence-corrected chi connectivity index (χ2v) is 5.87. The Hall–Kier alpha value is -1.73. The average Bonchev–Trinajstić information content (AvgIpc) is 2.82. The molecule has 0 spiro atoms. The summed E-state index contributed by atoms with van der Waals surface area (Å²) in [6.07, 6.45) is 3.06. The minimum Gasteiger partial charge on any atom is -0.251 e. The molecule has 2 heterocycles. The molecule has 3 rings (SSSR count). The Morgan fingerprint density at radius 3 is 2.83 bits per heavy atom. The number of benzene rings is 1. The smallest absolute Gasteiger partial charge is 0.239 e. The van der Waals surface area contributed by atoms with Crippen LogP contribution in [0.1, 0.15) is 0 Å². The first-order valence-electron chi connectivity index (χ1n) is 5.13. The van der Waals surface area contributed by atoms with E-state index in [9.17, 15) is 4.21 Å². The lowest BCUT2D eigenvalue weighted by molar-refractivity contribution is 0.675. The Bertz CT molecular complexity index is 707. The molecule has 0 N–H and O–H groups in total. The molecule has 90 valence electrons.